The minimum absolute atomic E-state index is 0.647. The molecule has 0 unspecified atom stereocenters. The molecular weight excluding hydrogens is 186 g/mol. The van der Waals surface area contributed by atoms with Crippen molar-refractivity contribution in [1.82, 2.24) is 4.98 Å². The van der Waals surface area contributed by atoms with Gasteiger partial charge in [0.15, 0.2) is 5.82 Å². The van der Waals surface area contributed by atoms with E-state index in [9.17, 15) is 0 Å². The first-order chi connectivity index (χ1) is 7.34. The van der Waals surface area contributed by atoms with E-state index >= 15 is 0 Å². The Bertz CT molecular complexity index is 446. The quantitative estimate of drug-likeness (QED) is 0.751. The summed E-state index contributed by atoms with van der Waals surface area (Å²) in [6.45, 7) is 0. The van der Waals surface area contributed by atoms with E-state index in [1.165, 1.54) is 0 Å². The van der Waals surface area contributed by atoms with Gasteiger partial charge in [0, 0.05) is 6.21 Å². The Kier molecular flexibility index (Phi) is 2.74. The van der Waals surface area contributed by atoms with Crippen LogP contribution in [0.2, 0.25) is 0 Å². The minimum Gasteiger partial charge on any atom is -0.397 e. The SMILES string of the molecule is Nc1ccc(N=Cc2ccccc2)nc1. The van der Waals surface area contributed by atoms with E-state index in [0.29, 0.717) is 11.5 Å². The summed E-state index contributed by atoms with van der Waals surface area (Å²) in [6.07, 6.45) is 3.37. The van der Waals surface area contributed by atoms with Crippen molar-refractivity contribution in [3.63, 3.8) is 0 Å². The van der Waals surface area contributed by atoms with E-state index in [-0.39, 0.29) is 0 Å². The molecule has 1 aromatic carbocycles. The van der Waals surface area contributed by atoms with Crippen LogP contribution >= 0.6 is 0 Å². The Morgan fingerprint density at radius 3 is 2.53 bits per heavy atom. The summed E-state index contributed by atoms with van der Waals surface area (Å²) < 4.78 is 0. The van der Waals surface area contributed by atoms with Crippen LogP contribution in [0, 0.1) is 0 Å². The van der Waals surface area contributed by atoms with Gasteiger partial charge < -0.3 is 5.73 Å². The van der Waals surface area contributed by atoms with Crippen LogP contribution in [0.3, 0.4) is 0 Å². The average molecular weight is 197 g/mol. The topological polar surface area (TPSA) is 51.3 Å². The molecule has 0 saturated heterocycles. The maximum Gasteiger partial charge on any atom is 0.151 e. The van der Waals surface area contributed by atoms with E-state index in [1.807, 2.05) is 30.3 Å². The molecule has 2 aromatic rings. The van der Waals surface area contributed by atoms with Crippen molar-refractivity contribution in [2.45, 2.75) is 0 Å². The molecule has 1 aromatic heterocycles. The van der Waals surface area contributed by atoms with Gasteiger partial charge in [0.25, 0.3) is 0 Å². The van der Waals surface area contributed by atoms with Gasteiger partial charge in [-0.3, -0.25) is 0 Å². The van der Waals surface area contributed by atoms with E-state index in [4.69, 9.17) is 5.73 Å². The molecule has 3 heteroatoms. The lowest BCUT2D eigenvalue weighted by atomic mass is 10.2. The number of hydrogen-bond acceptors (Lipinski definition) is 3. The summed E-state index contributed by atoms with van der Waals surface area (Å²) in [6, 6.07) is 13.5. The lowest BCUT2D eigenvalue weighted by Gasteiger charge is -1.94. The molecule has 0 spiro atoms. The molecule has 15 heavy (non-hydrogen) atoms. The second kappa shape index (κ2) is 4.37. The highest BCUT2D eigenvalue weighted by molar-refractivity contribution is 5.81. The molecule has 0 radical (unpaired) electrons. The zero-order valence-electron chi connectivity index (χ0n) is 8.17. The number of pyridine rings is 1. The number of nitrogen functional groups attached to an aromatic ring is 1. The number of aromatic nitrogens is 1. The van der Waals surface area contributed by atoms with Crippen molar-refractivity contribution in [3.05, 3.63) is 54.2 Å². The Hall–Kier alpha value is -2.16. The summed E-state index contributed by atoms with van der Waals surface area (Å²) in [4.78, 5) is 8.30. The molecule has 0 aliphatic heterocycles. The molecule has 0 saturated carbocycles. The summed E-state index contributed by atoms with van der Waals surface area (Å²) in [5.41, 5.74) is 7.22. The van der Waals surface area contributed by atoms with Crippen molar-refractivity contribution in [1.29, 1.82) is 0 Å². The van der Waals surface area contributed by atoms with Crippen molar-refractivity contribution >= 4 is 17.7 Å². The number of benzene rings is 1. The molecule has 0 aliphatic carbocycles. The summed E-state index contributed by atoms with van der Waals surface area (Å²) in [5.74, 6) is 0.660. The first-order valence-electron chi connectivity index (χ1n) is 4.65. The van der Waals surface area contributed by atoms with Crippen molar-refractivity contribution in [2.75, 3.05) is 5.73 Å². The van der Waals surface area contributed by atoms with Gasteiger partial charge in [0.2, 0.25) is 0 Å². The molecule has 74 valence electrons. The number of hydrogen-bond donors (Lipinski definition) is 1. The largest absolute Gasteiger partial charge is 0.397 e. The van der Waals surface area contributed by atoms with Crippen LogP contribution in [0.1, 0.15) is 5.56 Å². The van der Waals surface area contributed by atoms with Gasteiger partial charge in [-0.15, -0.1) is 0 Å². The first kappa shape index (κ1) is 9.40. The van der Waals surface area contributed by atoms with Crippen molar-refractivity contribution in [3.8, 4) is 0 Å². The highest BCUT2D eigenvalue weighted by Gasteiger charge is 1.89. The Morgan fingerprint density at radius 1 is 1.07 bits per heavy atom. The van der Waals surface area contributed by atoms with Crippen molar-refractivity contribution < 1.29 is 0 Å². The number of nitrogens with two attached hydrogens (primary N) is 1. The highest BCUT2D eigenvalue weighted by Crippen LogP contribution is 2.09. The fourth-order valence-electron chi connectivity index (χ4n) is 1.15. The predicted molar refractivity (Wildman–Crippen MR) is 62.3 cm³/mol. The molecule has 0 atom stereocenters. The molecule has 0 bridgehead atoms. The maximum atomic E-state index is 5.52. The first-order valence-corrected chi connectivity index (χ1v) is 4.65. The second-order valence-electron chi connectivity index (χ2n) is 3.12. The molecule has 0 fully saturated rings. The van der Waals surface area contributed by atoms with Crippen LogP contribution < -0.4 is 5.73 Å². The number of nitrogens with zero attached hydrogens (tertiary/aromatic N) is 2. The van der Waals surface area contributed by atoms with Gasteiger partial charge >= 0.3 is 0 Å². The van der Waals surface area contributed by atoms with Gasteiger partial charge in [0.1, 0.15) is 0 Å². The average Bonchev–Trinajstić information content (AvgIpc) is 2.30. The second-order valence-corrected chi connectivity index (χ2v) is 3.12. The van der Waals surface area contributed by atoms with Crippen LogP contribution in [0.4, 0.5) is 11.5 Å². The number of anilines is 1. The van der Waals surface area contributed by atoms with Gasteiger partial charge in [-0.2, -0.15) is 0 Å². The van der Waals surface area contributed by atoms with E-state index in [1.54, 1.807) is 24.5 Å². The standard InChI is InChI=1S/C12H11N3/c13-11-6-7-12(15-9-11)14-8-10-4-2-1-3-5-10/h1-9H,13H2. The summed E-state index contributed by atoms with van der Waals surface area (Å²) >= 11 is 0. The zero-order chi connectivity index (χ0) is 10.5. The van der Waals surface area contributed by atoms with Crippen molar-refractivity contribution in [2.24, 2.45) is 4.99 Å². The monoisotopic (exact) mass is 197 g/mol. The molecule has 2 N–H and O–H groups in total. The Morgan fingerprint density at radius 2 is 1.87 bits per heavy atom. The smallest absolute Gasteiger partial charge is 0.151 e. The summed E-state index contributed by atoms with van der Waals surface area (Å²) in [5, 5.41) is 0. The zero-order valence-corrected chi connectivity index (χ0v) is 8.17. The highest BCUT2D eigenvalue weighted by atomic mass is 14.9. The van der Waals surface area contributed by atoms with E-state index in [0.717, 1.165) is 5.56 Å². The number of aliphatic imine (C=N–C) groups is 1. The van der Waals surface area contributed by atoms with Crippen LogP contribution in [-0.2, 0) is 0 Å². The molecule has 0 aliphatic rings. The van der Waals surface area contributed by atoms with E-state index < -0.39 is 0 Å². The van der Waals surface area contributed by atoms with Crippen LogP contribution in [0.5, 0.6) is 0 Å². The molecule has 3 nitrogen and oxygen atoms in total. The third-order valence-electron chi connectivity index (χ3n) is 1.92. The van der Waals surface area contributed by atoms with Gasteiger partial charge in [-0.1, -0.05) is 30.3 Å². The van der Waals surface area contributed by atoms with Crippen LogP contribution in [0.25, 0.3) is 0 Å². The minimum atomic E-state index is 0.647. The van der Waals surface area contributed by atoms with Crippen LogP contribution in [0.15, 0.2) is 53.7 Å². The molecule has 0 amide bonds. The van der Waals surface area contributed by atoms with E-state index in [2.05, 4.69) is 9.98 Å². The van der Waals surface area contributed by atoms with Gasteiger partial charge in [0.05, 0.1) is 11.9 Å². The summed E-state index contributed by atoms with van der Waals surface area (Å²) in [7, 11) is 0. The van der Waals surface area contributed by atoms with Crippen LogP contribution in [-0.4, -0.2) is 11.2 Å². The fourth-order valence-corrected chi connectivity index (χ4v) is 1.15. The maximum absolute atomic E-state index is 5.52. The predicted octanol–water partition coefficient (Wildman–Crippen LogP) is 2.41. The Balaban J connectivity index is 2.15. The molecular formula is C12H11N3. The third kappa shape index (κ3) is 2.64. The lowest BCUT2D eigenvalue weighted by molar-refractivity contribution is 1.28. The molecule has 2 rings (SSSR count). The number of rotatable bonds is 2. The lowest BCUT2D eigenvalue weighted by Crippen LogP contribution is -1.85. The fraction of sp³-hybridized carbons (Fsp3) is 0. The normalized spacial score (nSPS) is 10.7. The Labute approximate surface area is 88.3 Å². The molecule has 1 heterocycles. The van der Waals surface area contributed by atoms with Gasteiger partial charge in [-0.05, 0) is 17.7 Å². The van der Waals surface area contributed by atoms with Gasteiger partial charge in [-0.25, -0.2) is 9.98 Å². The third-order valence-corrected chi connectivity index (χ3v) is 1.92.